The molecular formula is C20H24N4O2S. The molecule has 0 saturated heterocycles. The van der Waals surface area contributed by atoms with E-state index in [0.717, 1.165) is 21.3 Å². The van der Waals surface area contributed by atoms with Crippen molar-refractivity contribution in [1.29, 1.82) is 0 Å². The van der Waals surface area contributed by atoms with Crippen molar-refractivity contribution >= 4 is 33.3 Å². The number of carboxylic acid groups (broad SMARTS) is 1. The molecule has 2 N–H and O–H groups in total. The summed E-state index contributed by atoms with van der Waals surface area (Å²) in [7, 11) is 3.91. The van der Waals surface area contributed by atoms with Gasteiger partial charge in [-0.15, -0.1) is 11.3 Å². The van der Waals surface area contributed by atoms with Crippen molar-refractivity contribution in [3.05, 3.63) is 41.5 Å². The van der Waals surface area contributed by atoms with Crippen LogP contribution in [0.2, 0.25) is 0 Å². The van der Waals surface area contributed by atoms with Gasteiger partial charge in [0.25, 0.3) is 0 Å². The van der Waals surface area contributed by atoms with Gasteiger partial charge in [-0.1, -0.05) is 44.2 Å². The largest absolute Gasteiger partial charge is 0.480 e. The van der Waals surface area contributed by atoms with Crippen LogP contribution < -0.4 is 5.32 Å². The number of fused-ring (bicyclic) bond motifs is 1. The van der Waals surface area contributed by atoms with Gasteiger partial charge in [0.05, 0.1) is 11.9 Å². The van der Waals surface area contributed by atoms with Gasteiger partial charge in [0.15, 0.2) is 0 Å². The van der Waals surface area contributed by atoms with E-state index in [0.29, 0.717) is 18.2 Å². The molecule has 1 aromatic carbocycles. The van der Waals surface area contributed by atoms with Crippen LogP contribution in [0, 0.1) is 5.92 Å². The number of thiophene rings is 1. The van der Waals surface area contributed by atoms with Crippen LogP contribution in [0.15, 0.2) is 35.7 Å². The molecule has 0 saturated carbocycles. The number of hydrogen-bond donors (Lipinski definition) is 2. The van der Waals surface area contributed by atoms with Gasteiger partial charge in [0.2, 0.25) is 0 Å². The van der Waals surface area contributed by atoms with Crippen LogP contribution in [0.3, 0.4) is 0 Å². The molecule has 0 bridgehead atoms. The van der Waals surface area contributed by atoms with Crippen molar-refractivity contribution in [2.24, 2.45) is 5.92 Å². The van der Waals surface area contributed by atoms with Crippen molar-refractivity contribution in [2.45, 2.75) is 26.4 Å². The highest BCUT2D eigenvalue weighted by Crippen LogP contribution is 2.37. The van der Waals surface area contributed by atoms with Crippen LogP contribution >= 0.6 is 11.3 Å². The van der Waals surface area contributed by atoms with E-state index < -0.39 is 12.0 Å². The van der Waals surface area contributed by atoms with Gasteiger partial charge >= 0.3 is 5.97 Å². The molecule has 0 amide bonds. The Morgan fingerprint density at radius 3 is 2.52 bits per heavy atom. The Morgan fingerprint density at radius 2 is 1.93 bits per heavy atom. The van der Waals surface area contributed by atoms with Crippen molar-refractivity contribution < 1.29 is 9.90 Å². The Bertz CT molecular complexity index is 938. The average molecular weight is 385 g/mol. The van der Waals surface area contributed by atoms with Gasteiger partial charge in [0.1, 0.15) is 22.5 Å². The second-order valence-electron chi connectivity index (χ2n) is 7.13. The second-order valence-corrected chi connectivity index (χ2v) is 7.98. The number of aromatic nitrogens is 2. The number of aliphatic carboxylic acids is 1. The van der Waals surface area contributed by atoms with Gasteiger partial charge < -0.3 is 15.3 Å². The molecule has 0 spiro atoms. The quantitative estimate of drug-likeness (QED) is 0.642. The maximum absolute atomic E-state index is 11.7. The highest BCUT2D eigenvalue weighted by atomic mass is 32.1. The first-order valence-corrected chi connectivity index (χ1v) is 9.72. The Hall–Kier alpha value is -2.51. The molecule has 0 aliphatic carbocycles. The minimum Gasteiger partial charge on any atom is -0.480 e. The molecule has 3 rings (SSSR count). The molecule has 7 heteroatoms. The van der Waals surface area contributed by atoms with Gasteiger partial charge in [-0.2, -0.15) is 0 Å². The lowest BCUT2D eigenvalue weighted by Crippen LogP contribution is -2.34. The third-order valence-corrected chi connectivity index (χ3v) is 5.12. The molecule has 3 aromatic rings. The van der Waals surface area contributed by atoms with Gasteiger partial charge in [-0.3, -0.25) is 0 Å². The van der Waals surface area contributed by atoms with Gasteiger partial charge in [0, 0.05) is 10.9 Å². The fourth-order valence-corrected chi connectivity index (χ4v) is 3.90. The van der Waals surface area contributed by atoms with Gasteiger partial charge in [-0.05, 0) is 25.6 Å². The number of carboxylic acids is 1. The first kappa shape index (κ1) is 19.3. The smallest absolute Gasteiger partial charge is 0.326 e. The number of rotatable bonds is 7. The Balaban J connectivity index is 2.17. The van der Waals surface area contributed by atoms with E-state index in [1.807, 2.05) is 63.2 Å². The molecule has 2 aromatic heterocycles. The van der Waals surface area contributed by atoms with E-state index in [2.05, 4.69) is 15.7 Å². The molecule has 0 fully saturated rings. The summed E-state index contributed by atoms with van der Waals surface area (Å²) < 4.78 is 0. The van der Waals surface area contributed by atoms with Crippen molar-refractivity contribution in [1.82, 2.24) is 14.9 Å². The standard InChI is InChI=1S/C20H24N4O2S/c1-12(2)17(20(25)26)23-18-16-14(13-8-6-5-7-9-13)11-27-19(16)22-15(21-18)10-24(3)4/h5-9,11-12,17H,10H2,1-4H3,(H,25,26)(H,21,22,23)/t17-/m0/s1. The summed E-state index contributed by atoms with van der Waals surface area (Å²) in [6, 6.07) is 9.30. The monoisotopic (exact) mass is 384 g/mol. The lowest BCUT2D eigenvalue weighted by atomic mass is 10.0. The van der Waals surface area contributed by atoms with Crippen LogP contribution in [0.4, 0.5) is 5.82 Å². The maximum Gasteiger partial charge on any atom is 0.326 e. The number of nitrogens with one attached hydrogen (secondary N) is 1. The molecule has 2 heterocycles. The maximum atomic E-state index is 11.7. The van der Waals surface area contributed by atoms with E-state index in [1.165, 1.54) is 0 Å². The predicted molar refractivity (Wildman–Crippen MR) is 110 cm³/mol. The normalized spacial score (nSPS) is 12.7. The summed E-state index contributed by atoms with van der Waals surface area (Å²) in [6.07, 6.45) is 0. The van der Waals surface area contributed by atoms with Crippen LogP contribution in [0.1, 0.15) is 19.7 Å². The topological polar surface area (TPSA) is 78.4 Å². The van der Waals surface area contributed by atoms with E-state index in [1.54, 1.807) is 11.3 Å². The highest BCUT2D eigenvalue weighted by molar-refractivity contribution is 7.17. The zero-order valence-corrected chi connectivity index (χ0v) is 16.7. The predicted octanol–water partition coefficient (Wildman–Crippen LogP) is 3.94. The van der Waals surface area contributed by atoms with Crippen LogP contribution in [-0.4, -0.2) is 46.1 Å². The molecule has 0 radical (unpaired) electrons. The summed E-state index contributed by atoms with van der Waals surface area (Å²) in [6.45, 7) is 4.36. The van der Waals surface area contributed by atoms with Crippen molar-refractivity contribution in [3.63, 3.8) is 0 Å². The van der Waals surface area contributed by atoms with E-state index in [-0.39, 0.29) is 5.92 Å². The fraction of sp³-hybridized carbons (Fsp3) is 0.350. The van der Waals surface area contributed by atoms with Crippen LogP contribution in [0.25, 0.3) is 21.3 Å². The molecule has 0 aliphatic rings. The minimum atomic E-state index is -0.887. The third-order valence-electron chi connectivity index (χ3n) is 4.25. The minimum absolute atomic E-state index is 0.0800. The first-order chi connectivity index (χ1) is 12.9. The third kappa shape index (κ3) is 4.26. The van der Waals surface area contributed by atoms with Crippen molar-refractivity contribution in [2.75, 3.05) is 19.4 Å². The zero-order valence-electron chi connectivity index (χ0n) is 15.9. The van der Waals surface area contributed by atoms with Crippen LogP contribution in [0.5, 0.6) is 0 Å². The summed E-state index contributed by atoms with van der Waals surface area (Å²) >= 11 is 1.55. The lowest BCUT2D eigenvalue weighted by molar-refractivity contribution is -0.138. The number of carbonyl (C=O) groups is 1. The Morgan fingerprint density at radius 1 is 1.22 bits per heavy atom. The SMILES string of the molecule is CC(C)[C@H](Nc1nc(CN(C)C)nc2scc(-c3ccccc3)c12)C(=O)O. The summed E-state index contributed by atoms with van der Waals surface area (Å²) in [5.41, 5.74) is 2.08. The second kappa shape index (κ2) is 8.02. The average Bonchev–Trinajstić information content (AvgIpc) is 3.03. The molecule has 27 heavy (non-hydrogen) atoms. The van der Waals surface area contributed by atoms with E-state index in [4.69, 9.17) is 4.98 Å². The molecule has 142 valence electrons. The first-order valence-electron chi connectivity index (χ1n) is 8.84. The Kier molecular flexibility index (Phi) is 5.72. The Labute approximate surface area is 162 Å². The van der Waals surface area contributed by atoms with E-state index in [9.17, 15) is 9.90 Å². The van der Waals surface area contributed by atoms with Crippen LogP contribution in [-0.2, 0) is 11.3 Å². The molecule has 0 aliphatic heterocycles. The van der Waals surface area contributed by atoms with Gasteiger partial charge in [-0.25, -0.2) is 14.8 Å². The molecule has 0 unspecified atom stereocenters. The molecule has 6 nitrogen and oxygen atoms in total. The number of anilines is 1. The van der Waals surface area contributed by atoms with Crippen molar-refractivity contribution in [3.8, 4) is 11.1 Å². The molecular weight excluding hydrogens is 360 g/mol. The number of nitrogens with zero attached hydrogens (tertiary/aromatic N) is 3. The summed E-state index contributed by atoms with van der Waals surface area (Å²) in [5.74, 6) is 0.286. The fourth-order valence-electron chi connectivity index (χ4n) is 2.94. The number of benzene rings is 1. The number of hydrogen-bond acceptors (Lipinski definition) is 6. The molecule has 1 atom stereocenters. The van der Waals surface area contributed by atoms with E-state index >= 15 is 0 Å². The summed E-state index contributed by atoms with van der Waals surface area (Å²) in [5, 5.41) is 15.7. The highest BCUT2D eigenvalue weighted by Gasteiger charge is 2.24. The lowest BCUT2D eigenvalue weighted by Gasteiger charge is -2.20. The summed E-state index contributed by atoms with van der Waals surface area (Å²) in [4.78, 5) is 24.0. The zero-order chi connectivity index (χ0) is 19.6.